The highest BCUT2D eigenvalue weighted by molar-refractivity contribution is 9.10. The summed E-state index contributed by atoms with van der Waals surface area (Å²) < 4.78 is 8.11. The van der Waals surface area contributed by atoms with E-state index in [1.807, 2.05) is 0 Å². The highest BCUT2D eigenvalue weighted by Gasteiger charge is 2.25. The summed E-state index contributed by atoms with van der Waals surface area (Å²) >= 11 is 3.34. The Morgan fingerprint density at radius 2 is 2.33 bits per heavy atom. The molecule has 0 bridgehead atoms. The Balaban J connectivity index is 2.10. The van der Waals surface area contributed by atoms with Gasteiger partial charge in [0, 0.05) is 37.4 Å². The zero-order chi connectivity index (χ0) is 15.4. The SMILES string of the molecule is Cn1cc(Br)cc1C(=O)N(CCC(=O)O)C[C@H]1CCCO1. The first kappa shape index (κ1) is 16.0. The molecule has 116 valence electrons. The maximum Gasteiger partial charge on any atom is 0.305 e. The van der Waals surface area contributed by atoms with Gasteiger partial charge in [-0.05, 0) is 34.8 Å². The lowest BCUT2D eigenvalue weighted by atomic mass is 10.2. The van der Waals surface area contributed by atoms with Crippen LogP contribution < -0.4 is 0 Å². The van der Waals surface area contributed by atoms with Crippen LogP contribution >= 0.6 is 15.9 Å². The Hall–Kier alpha value is -1.34. The quantitative estimate of drug-likeness (QED) is 0.842. The van der Waals surface area contributed by atoms with Crippen LogP contribution in [0.25, 0.3) is 0 Å². The Labute approximate surface area is 131 Å². The van der Waals surface area contributed by atoms with E-state index in [9.17, 15) is 9.59 Å². The van der Waals surface area contributed by atoms with Gasteiger partial charge in [-0.15, -0.1) is 0 Å². The van der Waals surface area contributed by atoms with Gasteiger partial charge < -0.3 is 19.3 Å². The third kappa shape index (κ3) is 4.31. The molecule has 0 aliphatic carbocycles. The second kappa shape index (κ2) is 7.09. The van der Waals surface area contributed by atoms with Gasteiger partial charge in [-0.25, -0.2) is 0 Å². The second-order valence-corrected chi connectivity index (χ2v) is 6.10. The van der Waals surface area contributed by atoms with Gasteiger partial charge in [0.05, 0.1) is 12.5 Å². The van der Waals surface area contributed by atoms with Gasteiger partial charge >= 0.3 is 5.97 Å². The molecule has 0 aromatic carbocycles. The number of amides is 1. The first-order valence-electron chi connectivity index (χ1n) is 6.92. The molecule has 1 atom stereocenters. The van der Waals surface area contributed by atoms with Crippen molar-refractivity contribution in [1.29, 1.82) is 0 Å². The molecule has 1 aromatic heterocycles. The van der Waals surface area contributed by atoms with Crippen molar-refractivity contribution in [2.24, 2.45) is 7.05 Å². The summed E-state index contributed by atoms with van der Waals surface area (Å²) in [6.45, 7) is 1.34. The van der Waals surface area contributed by atoms with Crippen LogP contribution in [0.1, 0.15) is 29.8 Å². The van der Waals surface area contributed by atoms with Crippen molar-refractivity contribution in [3.8, 4) is 0 Å². The van der Waals surface area contributed by atoms with E-state index in [-0.39, 0.29) is 25.0 Å². The summed E-state index contributed by atoms with van der Waals surface area (Å²) in [5.74, 6) is -1.08. The predicted octanol–water partition coefficient (Wildman–Crippen LogP) is 1.88. The molecule has 2 heterocycles. The molecule has 21 heavy (non-hydrogen) atoms. The van der Waals surface area contributed by atoms with E-state index < -0.39 is 5.97 Å². The number of nitrogens with zero attached hydrogens (tertiary/aromatic N) is 2. The molecule has 1 N–H and O–H groups in total. The van der Waals surface area contributed by atoms with Crippen molar-refractivity contribution in [3.05, 3.63) is 22.4 Å². The summed E-state index contributed by atoms with van der Waals surface area (Å²) in [5.41, 5.74) is 0.533. The first-order chi connectivity index (χ1) is 9.97. The lowest BCUT2D eigenvalue weighted by Crippen LogP contribution is -2.39. The molecule has 0 saturated carbocycles. The molecule has 6 nitrogen and oxygen atoms in total. The average molecular weight is 359 g/mol. The lowest BCUT2D eigenvalue weighted by Gasteiger charge is -2.25. The largest absolute Gasteiger partial charge is 0.481 e. The van der Waals surface area contributed by atoms with Crippen LogP contribution in [0.4, 0.5) is 0 Å². The van der Waals surface area contributed by atoms with Crippen molar-refractivity contribution in [2.45, 2.75) is 25.4 Å². The van der Waals surface area contributed by atoms with Crippen molar-refractivity contribution in [3.63, 3.8) is 0 Å². The number of aromatic nitrogens is 1. The monoisotopic (exact) mass is 358 g/mol. The number of carbonyl (C=O) groups excluding carboxylic acids is 1. The van der Waals surface area contributed by atoms with Crippen LogP contribution in [0.15, 0.2) is 16.7 Å². The molecular formula is C14H19BrN2O4. The Morgan fingerprint density at radius 3 is 2.86 bits per heavy atom. The van der Waals surface area contributed by atoms with Gasteiger partial charge in [0.25, 0.3) is 5.91 Å². The number of halogens is 1. The van der Waals surface area contributed by atoms with Crippen LogP contribution in [-0.2, 0) is 16.6 Å². The normalized spacial score (nSPS) is 17.9. The van der Waals surface area contributed by atoms with E-state index in [1.165, 1.54) is 0 Å². The van der Waals surface area contributed by atoms with Gasteiger partial charge in [-0.1, -0.05) is 0 Å². The average Bonchev–Trinajstić information content (AvgIpc) is 3.03. The minimum absolute atomic E-state index is 0.00598. The summed E-state index contributed by atoms with van der Waals surface area (Å²) in [4.78, 5) is 25.0. The fourth-order valence-corrected chi connectivity index (χ4v) is 2.96. The zero-order valence-electron chi connectivity index (χ0n) is 11.9. The number of aryl methyl sites for hydroxylation is 1. The molecule has 0 unspecified atom stereocenters. The molecule has 7 heteroatoms. The maximum atomic E-state index is 12.6. The summed E-state index contributed by atoms with van der Waals surface area (Å²) in [6.07, 6.45) is 3.64. The Kier molecular flexibility index (Phi) is 5.41. The van der Waals surface area contributed by atoms with Crippen molar-refractivity contribution in [1.82, 2.24) is 9.47 Å². The predicted molar refractivity (Wildman–Crippen MR) is 80.2 cm³/mol. The van der Waals surface area contributed by atoms with Crippen LogP contribution in [0.2, 0.25) is 0 Å². The first-order valence-corrected chi connectivity index (χ1v) is 7.71. The number of rotatable bonds is 6. The Bertz CT molecular complexity index is 523. The third-order valence-corrected chi connectivity index (χ3v) is 3.96. The number of carboxylic acids is 1. The maximum absolute atomic E-state index is 12.6. The van der Waals surface area contributed by atoms with Gasteiger partial charge in [-0.3, -0.25) is 9.59 Å². The van der Waals surface area contributed by atoms with Gasteiger partial charge in [0.1, 0.15) is 5.69 Å². The molecule has 1 aliphatic heterocycles. The van der Waals surface area contributed by atoms with Crippen LogP contribution in [0.5, 0.6) is 0 Å². The van der Waals surface area contributed by atoms with Gasteiger partial charge in [-0.2, -0.15) is 0 Å². The van der Waals surface area contributed by atoms with E-state index in [1.54, 1.807) is 28.8 Å². The smallest absolute Gasteiger partial charge is 0.305 e. The molecule has 1 amide bonds. The standard InChI is InChI=1S/C14H19BrN2O4/c1-16-8-10(15)7-12(16)14(20)17(5-4-13(18)19)9-11-3-2-6-21-11/h7-8,11H,2-6,9H2,1H3,(H,18,19)/t11-/m1/s1. The Morgan fingerprint density at radius 1 is 1.57 bits per heavy atom. The van der Waals surface area contributed by atoms with Crippen LogP contribution in [0, 0.1) is 0 Å². The van der Waals surface area contributed by atoms with E-state index >= 15 is 0 Å². The van der Waals surface area contributed by atoms with Gasteiger partial charge in [0.15, 0.2) is 0 Å². The molecule has 1 aliphatic rings. The summed E-state index contributed by atoms with van der Waals surface area (Å²) in [6, 6.07) is 1.74. The topological polar surface area (TPSA) is 71.8 Å². The molecular weight excluding hydrogens is 340 g/mol. The van der Waals surface area contributed by atoms with E-state index in [4.69, 9.17) is 9.84 Å². The summed E-state index contributed by atoms with van der Waals surface area (Å²) in [5, 5.41) is 8.85. The number of hydrogen-bond donors (Lipinski definition) is 1. The van der Waals surface area contributed by atoms with Crippen LogP contribution in [-0.4, -0.2) is 52.3 Å². The number of ether oxygens (including phenoxy) is 1. The molecule has 1 fully saturated rings. The highest BCUT2D eigenvalue weighted by atomic mass is 79.9. The number of carboxylic acid groups (broad SMARTS) is 1. The van der Waals surface area contributed by atoms with Crippen LogP contribution in [0.3, 0.4) is 0 Å². The third-order valence-electron chi connectivity index (χ3n) is 3.52. The minimum atomic E-state index is -0.909. The van der Waals surface area contributed by atoms with E-state index in [0.717, 1.165) is 17.3 Å². The molecule has 1 saturated heterocycles. The fourth-order valence-electron chi connectivity index (χ4n) is 2.44. The van der Waals surface area contributed by atoms with Crippen molar-refractivity contribution < 1.29 is 19.4 Å². The lowest BCUT2D eigenvalue weighted by molar-refractivity contribution is -0.137. The van der Waals surface area contributed by atoms with Gasteiger partial charge in [0.2, 0.25) is 0 Å². The number of aliphatic carboxylic acids is 1. The summed E-state index contributed by atoms with van der Waals surface area (Å²) in [7, 11) is 1.79. The molecule has 0 radical (unpaired) electrons. The molecule has 1 aromatic rings. The van der Waals surface area contributed by atoms with Crippen molar-refractivity contribution >= 4 is 27.8 Å². The van der Waals surface area contributed by atoms with E-state index in [0.29, 0.717) is 18.8 Å². The number of hydrogen-bond acceptors (Lipinski definition) is 3. The highest BCUT2D eigenvalue weighted by Crippen LogP contribution is 2.18. The van der Waals surface area contributed by atoms with Crippen molar-refractivity contribution in [2.75, 3.05) is 19.7 Å². The second-order valence-electron chi connectivity index (χ2n) is 5.18. The zero-order valence-corrected chi connectivity index (χ0v) is 13.5. The number of carbonyl (C=O) groups is 2. The fraction of sp³-hybridized carbons (Fsp3) is 0.571. The molecule has 2 rings (SSSR count). The van der Waals surface area contributed by atoms with E-state index in [2.05, 4.69) is 15.9 Å². The minimum Gasteiger partial charge on any atom is -0.481 e. The molecule has 0 spiro atoms.